The van der Waals surface area contributed by atoms with E-state index in [4.69, 9.17) is 17.3 Å². The van der Waals surface area contributed by atoms with Crippen molar-refractivity contribution in [3.05, 3.63) is 80.8 Å². The van der Waals surface area contributed by atoms with Crippen LogP contribution in [0.1, 0.15) is 25.6 Å². The summed E-state index contributed by atoms with van der Waals surface area (Å²) in [6, 6.07) is 10.7. The molecule has 4 rings (SSSR count). The van der Waals surface area contributed by atoms with Gasteiger partial charge in [-0.2, -0.15) is 0 Å². The van der Waals surface area contributed by atoms with Crippen LogP contribution in [0.3, 0.4) is 0 Å². The van der Waals surface area contributed by atoms with Crippen LogP contribution < -0.4 is 11.1 Å². The maximum Gasteiger partial charge on any atom is 0.326 e. The van der Waals surface area contributed by atoms with Crippen molar-refractivity contribution in [3.63, 3.8) is 0 Å². The van der Waals surface area contributed by atoms with Gasteiger partial charge < -0.3 is 16.2 Å². The molecule has 0 aliphatic rings. The van der Waals surface area contributed by atoms with Gasteiger partial charge in [-0.3, -0.25) is 9.59 Å². The van der Waals surface area contributed by atoms with Gasteiger partial charge in [0.2, 0.25) is 11.7 Å². The van der Waals surface area contributed by atoms with Crippen LogP contribution in [0.4, 0.5) is 14.9 Å². The number of thiophene rings is 1. The van der Waals surface area contributed by atoms with Crippen LogP contribution >= 0.6 is 22.9 Å². The van der Waals surface area contributed by atoms with E-state index < -0.39 is 29.4 Å². The summed E-state index contributed by atoms with van der Waals surface area (Å²) in [7, 11) is 0. The van der Waals surface area contributed by atoms with Gasteiger partial charge in [-0.15, -0.1) is 11.3 Å². The zero-order valence-electron chi connectivity index (χ0n) is 15.6. The molecule has 4 N–H and O–H groups in total. The number of primary amides is 1. The van der Waals surface area contributed by atoms with Gasteiger partial charge >= 0.3 is 6.03 Å². The predicted octanol–water partition coefficient (Wildman–Crippen LogP) is 4.61. The summed E-state index contributed by atoms with van der Waals surface area (Å²) < 4.78 is 14.9. The lowest BCUT2D eigenvalue weighted by Crippen LogP contribution is -2.20. The van der Waals surface area contributed by atoms with Crippen LogP contribution in [0, 0.1) is 5.82 Å². The average Bonchev–Trinajstić information content (AvgIpc) is 3.36. The highest BCUT2D eigenvalue weighted by molar-refractivity contribution is 7.12. The van der Waals surface area contributed by atoms with Crippen LogP contribution in [0.25, 0.3) is 10.9 Å². The summed E-state index contributed by atoms with van der Waals surface area (Å²) in [5.74, 6) is -2.95. The molecule has 10 heteroatoms. The van der Waals surface area contributed by atoms with E-state index in [-0.39, 0.29) is 32.7 Å². The quantitative estimate of drug-likeness (QED) is 0.388. The molecular weight excluding hydrogens is 445 g/mol. The summed E-state index contributed by atoms with van der Waals surface area (Å²) in [5, 5.41) is 14.6. The molecule has 2 aromatic heterocycles. The zero-order chi connectivity index (χ0) is 22.3. The number of benzene rings is 2. The highest BCUT2D eigenvalue weighted by Crippen LogP contribution is 2.35. The molecule has 0 saturated carbocycles. The molecule has 2 amide bonds. The number of nitrogens with zero attached hydrogens (tertiary/aromatic N) is 1. The molecule has 2 heterocycles. The first-order valence-corrected chi connectivity index (χ1v) is 10.1. The van der Waals surface area contributed by atoms with Crippen molar-refractivity contribution in [3.8, 4) is 5.88 Å². The van der Waals surface area contributed by atoms with Gasteiger partial charge in [0.25, 0.3) is 5.91 Å². The Morgan fingerprint density at radius 3 is 2.52 bits per heavy atom. The van der Waals surface area contributed by atoms with E-state index in [0.717, 1.165) is 0 Å². The van der Waals surface area contributed by atoms with E-state index in [1.54, 1.807) is 17.5 Å². The highest BCUT2D eigenvalue weighted by Gasteiger charge is 2.29. The minimum absolute atomic E-state index is 0.0254. The molecule has 2 aromatic carbocycles. The molecular formula is C21H13ClFN3O4S. The van der Waals surface area contributed by atoms with Crippen molar-refractivity contribution in [2.24, 2.45) is 5.73 Å². The third kappa shape index (κ3) is 3.43. The van der Waals surface area contributed by atoms with Gasteiger partial charge in [-0.05, 0) is 29.6 Å². The second kappa shape index (κ2) is 7.86. The van der Waals surface area contributed by atoms with E-state index in [9.17, 15) is 23.9 Å². The number of ketones is 1. The van der Waals surface area contributed by atoms with Gasteiger partial charge in [-0.25, -0.2) is 13.8 Å². The first-order valence-electron chi connectivity index (χ1n) is 8.81. The average molecular weight is 458 g/mol. The molecule has 0 fully saturated rings. The number of carbonyl (C=O) groups is 3. The van der Waals surface area contributed by atoms with E-state index in [1.165, 1.54) is 47.7 Å². The minimum Gasteiger partial charge on any atom is -0.494 e. The molecule has 4 aromatic rings. The molecule has 31 heavy (non-hydrogen) atoms. The molecule has 0 saturated heterocycles. The normalized spacial score (nSPS) is 10.9. The highest BCUT2D eigenvalue weighted by atomic mass is 35.5. The molecule has 0 spiro atoms. The van der Waals surface area contributed by atoms with Gasteiger partial charge in [0, 0.05) is 10.9 Å². The van der Waals surface area contributed by atoms with Gasteiger partial charge in [0.05, 0.1) is 21.1 Å². The summed E-state index contributed by atoms with van der Waals surface area (Å²) in [6.45, 7) is 0. The number of aromatic hydroxyl groups is 1. The first-order chi connectivity index (χ1) is 14.8. The molecule has 0 aliphatic heterocycles. The van der Waals surface area contributed by atoms with Crippen molar-refractivity contribution < 1.29 is 23.9 Å². The van der Waals surface area contributed by atoms with Gasteiger partial charge in [0.15, 0.2) is 5.82 Å². The number of nitrogens with one attached hydrogen (secondary N) is 1. The Morgan fingerprint density at radius 1 is 1.10 bits per heavy atom. The fourth-order valence-electron chi connectivity index (χ4n) is 3.27. The van der Waals surface area contributed by atoms with Crippen molar-refractivity contribution in [1.29, 1.82) is 0 Å². The Labute approximate surface area is 183 Å². The lowest BCUT2D eigenvalue weighted by Gasteiger charge is -2.07. The largest absolute Gasteiger partial charge is 0.494 e. The summed E-state index contributed by atoms with van der Waals surface area (Å²) in [5.41, 5.74) is 4.91. The Balaban J connectivity index is 1.91. The number of halogens is 2. The van der Waals surface area contributed by atoms with Crippen LogP contribution in [0.5, 0.6) is 5.88 Å². The Bertz CT molecular complexity index is 1360. The number of carbonyl (C=O) groups excluding carboxylic acids is 3. The molecule has 0 bridgehead atoms. The summed E-state index contributed by atoms with van der Waals surface area (Å²) >= 11 is 6.94. The molecule has 7 nitrogen and oxygen atoms in total. The monoisotopic (exact) mass is 457 g/mol. The Morgan fingerprint density at radius 2 is 1.84 bits per heavy atom. The van der Waals surface area contributed by atoms with Gasteiger partial charge in [0.1, 0.15) is 5.56 Å². The van der Waals surface area contributed by atoms with Crippen molar-refractivity contribution >= 4 is 57.2 Å². The number of nitrogens with two attached hydrogens (primary N) is 1. The number of para-hydroxylation sites is 1. The standard InChI is InChI=1S/C21H13ClFN3O4S/c22-12-6-2-7-13(16(12)23)25-19(28)15-10-4-1-5-11(18(27)14-8-3-9-31-14)17(10)26(20(15)29)21(24)30/h1-9,29H,(H2,24,30)(H,25,28). The number of fused-ring (bicyclic) bond motifs is 1. The topological polar surface area (TPSA) is 114 Å². The van der Waals surface area contributed by atoms with Gasteiger partial charge in [-0.1, -0.05) is 35.9 Å². The lowest BCUT2D eigenvalue weighted by molar-refractivity contribution is 0.102. The maximum atomic E-state index is 14.2. The second-order valence-corrected chi connectivity index (χ2v) is 7.79. The summed E-state index contributed by atoms with van der Waals surface area (Å²) in [6.07, 6.45) is 0. The minimum atomic E-state index is -1.10. The molecule has 156 valence electrons. The second-order valence-electron chi connectivity index (χ2n) is 6.44. The number of rotatable bonds is 4. The fourth-order valence-corrected chi connectivity index (χ4v) is 4.12. The van der Waals surface area contributed by atoms with Crippen LogP contribution in [-0.2, 0) is 0 Å². The van der Waals surface area contributed by atoms with E-state index in [0.29, 0.717) is 9.44 Å². The summed E-state index contributed by atoms with van der Waals surface area (Å²) in [4.78, 5) is 38.4. The Kier molecular flexibility index (Phi) is 5.22. The molecule has 0 radical (unpaired) electrons. The number of anilines is 1. The SMILES string of the molecule is NC(=O)n1c(O)c(C(=O)Nc2cccc(Cl)c2F)c2cccc(C(=O)c3cccs3)c21. The van der Waals surface area contributed by atoms with Crippen LogP contribution in [0.15, 0.2) is 53.9 Å². The van der Waals surface area contributed by atoms with E-state index >= 15 is 0 Å². The van der Waals surface area contributed by atoms with E-state index in [1.807, 2.05) is 0 Å². The molecule has 0 atom stereocenters. The van der Waals surface area contributed by atoms with Crippen molar-refractivity contribution in [1.82, 2.24) is 4.57 Å². The smallest absolute Gasteiger partial charge is 0.326 e. The number of hydrogen-bond donors (Lipinski definition) is 3. The number of amides is 2. The molecule has 0 aliphatic carbocycles. The number of aromatic nitrogens is 1. The van der Waals surface area contributed by atoms with Crippen LogP contribution in [0.2, 0.25) is 5.02 Å². The third-order valence-corrected chi connectivity index (χ3v) is 5.76. The predicted molar refractivity (Wildman–Crippen MR) is 116 cm³/mol. The third-order valence-electron chi connectivity index (χ3n) is 4.60. The van der Waals surface area contributed by atoms with Crippen LogP contribution in [-0.4, -0.2) is 27.4 Å². The van der Waals surface area contributed by atoms with E-state index in [2.05, 4.69) is 5.32 Å². The first kappa shape index (κ1) is 20.6. The van der Waals surface area contributed by atoms with Crippen molar-refractivity contribution in [2.45, 2.75) is 0 Å². The molecule has 0 unspecified atom stereocenters. The fraction of sp³-hybridized carbons (Fsp3) is 0. The zero-order valence-corrected chi connectivity index (χ0v) is 17.1. The Hall–Kier alpha value is -3.69. The van der Waals surface area contributed by atoms with Crippen molar-refractivity contribution in [2.75, 3.05) is 5.32 Å². The maximum absolute atomic E-state index is 14.2. The number of hydrogen-bond acceptors (Lipinski definition) is 5. The lowest BCUT2D eigenvalue weighted by atomic mass is 10.0.